The van der Waals surface area contributed by atoms with Crippen LogP contribution in [0.5, 0.6) is 0 Å². The average Bonchev–Trinajstić information content (AvgIpc) is 2.87. The fourth-order valence-electron chi connectivity index (χ4n) is 1.78. The fourth-order valence-corrected chi connectivity index (χ4v) is 1.78. The normalized spacial score (nSPS) is 12.4. The molecule has 0 bridgehead atoms. The summed E-state index contributed by atoms with van der Waals surface area (Å²) in [4.78, 5) is 10.5. The molecule has 0 aliphatic carbocycles. The van der Waals surface area contributed by atoms with Gasteiger partial charge in [-0.3, -0.25) is 4.79 Å². The second-order valence-corrected chi connectivity index (χ2v) is 4.25. The Morgan fingerprint density at radius 3 is 2.41 bits per heavy atom. The molecule has 1 unspecified atom stereocenters. The molecule has 1 heterocycles. The molecule has 1 aromatic carbocycles. The van der Waals surface area contributed by atoms with Crippen LogP contribution in [-0.2, 0) is 0 Å². The van der Waals surface area contributed by atoms with Crippen molar-refractivity contribution in [2.75, 3.05) is 0 Å². The molecule has 0 saturated heterocycles. The maximum Gasteiger partial charge on any atom is 0.185 e. The summed E-state index contributed by atoms with van der Waals surface area (Å²) in [5.41, 5.74) is 2.34. The highest BCUT2D eigenvalue weighted by atomic mass is 16.3. The molecule has 2 nitrogen and oxygen atoms in total. The molecule has 88 valence electrons. The first kappa shape index (κ1) is 11.6. The Labute approximate surface area is 101 Å². The highest BCUT2D eigenvalue weighted by molar-refractivity contribution is 5.72. The molecule has 2 heteroatoms. The van der Waals surface area contributed by atoms with Crippen molar-refractivity contribution >= 4 is 6.29 Å². The SMILES string of the molecule is CCC(C)c1ccc(-c2ccc(C=O)o2)cc1. The van der Waals surface area contributed by atoms with Crippen LogP contribution in [-0.4, -0.2) is 6.29 Å². The van der Waals surface area contributed by atoms with E-state index >= 15 is 0 Å². The third-order valence-electron chi connectivity index (χ3n) is 3.12. The van der Waals surface area contributed by atoms with Gasteiger partial charge in [-0.2, -0.15) is 0 Å². The average molecular weight is 228 g/mol. The Morgan fingerprint density at radius 1 is 1.18 bits per heavy atom. The minimum atomic E-state index is 0.367. The first-order valence-corrected chi connectivity index (χ1v) is 5.90. The molecule has 0 aliphatic heterocycles. The summed E-state index contributed by atoms with van der Waals surface area (Å²) in [6.45, 7) is 4.40. The Balaban J connectivity index is 2.25. The molecule has 1 aromatic heterocycles. The number of carbonyl (C=O) groups is 1. The van der Waals surface area contributed by atoms with E-state index < -0.39 is 0 Å². The van der Waals surface area contributed by atoms with E-state index in [1.54, 1.807) is 6.07 Å². The van der Waals surface area contributed by atoms with Gasteiger partial charge in [0, 0.05) is 5.56 Å². The zero-order valence-corrected chi connectivity index (χ0v) is 10.1. The summed E-state index contributed by atoms with van der Waals surface area (Å²) in [5.74, 6) is 1.68. The van der Waals surface area contributed by atoms with Gasteiger partial charge in [-0.1, -0.05) is 38.1 Å². The number of carbonyl (C=O) groups excluding carboxylic acids is 1. The highest BCUT2D eigenvalue weighted by Gasteiger charge is 2.06. The lowest BCUT2D eigenvalue weighted by atomic mass is 9.97. The van der Waals surface area contributed by atoms with E-state index in [9.17, 15) is 4.79 Å². The summed E-state index contributed by atoms with van der Waals surface area (Å²) >= 11 is 0. The molecule has 0 N–H and O–H groups in total. The molecule has 0 radical (unpaired) electrons. The molecule has 2 rings (SSSR count). The zero-order chi connectivity index (χ0) is 12.3. The first-order chi connectivity index (χ1) is 8.24. The number of furan rings is 1. The van der Waals surface area contributed by atoms with Crippen molar-refractivity contribution in [2.45, 2.75) is 26.2 Å². The highest BCUT2D eigenvalue weighted by Crippen LogP contribution is 2.25. The van der Waals surface area contributed by atoms with Gasteiger partial charge in [0.2, 0.25) is 0 Å². The molecule has 1 atom stereocenters. The van der Waals surface area contributed by atoms with Gasteiger partial charge in [0.05, 0.1) is 0 Å². The van der Waals surface area contributed by atoms with Crippen LogP contribution in [0.1, 0.15) is 42.3 Å². The number of benzene rings is 1. The molecule has 0 amide bonds. The van der Waals surface area contributed by atoms with Gasteiger partial charge in [0.25, 0.3) is 0 Å². The van der Waals surface area contributed by atoms with Gasteiger partial charge in [-0.05, 0) is 30.0 Å². The van der Waals surface area contributed by atoms with Crippen LogP contribution in [0.3, 0.4) is 0 Å². The molecular weight excluding hydrogens is 212 g/mol. The molecule has 0 saturated carbocycles. The molecule has 17 heavy (non-hydrogen) atoms. The van der Waals surface area contributed by atoms with Crippen molar-refractivity contribution in [1.82, 2.24) is 0 Å². The van der Waals surface area contributed by atoms with Crippen molar-refractivity contribution in [2.24, 2.45) is 0 Å². The Kier molecular flexibility index (Phi) is 3.43. The lowest BCUT2D eigenvalue weighted by Gasteiger charge is -2.08. The van der Waals surface area contributed by atoms with Crippen LogP contribution in [0.15, 0.2) is 40.8 Å². The van der Waals surface area contributed by atoms with Crippen molar-refractivity contribution in [3.05, 3.63) is 47.7 Å². The van der Waals surface area contributed by atoms with E-state index in [4.69, 9.17) is 4.42 Å². The summed E-state index contributed by atoms with van der Waals surface area (Å²) in [6.07, 6.45) is 1.85. The van der Waals surface area contributed by atoms with Gasteiger partial charge in [-0.15, -0.1) is 0 Å². The summed E-state index contributed by atoms with van der Waals surface area (Å²) in [7, 11) is 0. The van der Waals surface area contributed by atoms with E-state index in [-0.39, 0.29) is 0 Å². The van der Waals surface area contributed by atoms with E-state index in [1.807, 2.05) is 18.2 Å². The van der Waals surface area contributed by atoms with Gasteiger partial charge >= 0.3 is 0 Å². The first-order valence-electron chi connectivity index (χ1n) is 5.90. The second kappa shape index (κ2) is 5.00. The Morgan fingerprint density at radius 2 is 1.88 bits per heavy atom. The van der Waals surface area contributed by atoms with Crippen LogP contribution in [0.4, 0.5) is 0 Å². The largest absolute Gasteiger partial charge is 0.453 e. The van der Waals surface area contributed by atoms with Crippen LogP contribution in [0.2, 0.25) is 0 Å². The third kappa shape index (κ3) is 2.47. The van der Waals surface area contributed by atoms with Crippen molar-refractivity contribution in [1.29, 1.82) is 0 Å². The lowest BCUT2D eigenvalue weighted by molar-refractivity contribution is 0.110. The standard InChI is InChI=1S/C15H16O2/c1-3-11(2)12-4-6-13(7-5-12)15-9-8-14(10-16)17-15/h4-11H,3H2,1-2H3. The number of rotatable bonds is 4. The quantitative estimate of drug-likeness (QED) is 0.731. The van der Waals surface area contributed by atoms with Crippen molar-refractivity contribution in [3.8, 4) is 11.3 Å². The minimum Gasteiger partial charge on any atom is -0.453 e. The third-order valence-corrected chi connectivity index (χ3v) is 3.12. The van der Waals surface area contributed by atoms with E-state index in [0.717, 1.165) is 24.0 Å². The topological polar surface area (TPSA) is 30.2 Å². The van der Waals surface area contributed by atoms with Gasteiger partial charge in [-0.25, -0.2) is 0 Å². The fraction of sp³-hybridized carbons (Fsp3) is 0.267. The van der Waals surface area contributed by atoms with Crippen LogP contribution in [0, 0.1) is 0 Å². The molecule has 2 aromatic rings. The molecule has 0 fully saturated rings. The van der Waals surface area contributed by atoms with E-state index in [2.05, 4.69) is 26.0 Å². The molecule has 0 aliphatic rings. The van der Waals surface area contributed by atoms with Gasteiger partial charge < -0.3 is 4.42 Å². The number of aldehydes is 1. The van der Waals surface area contributed by atoms with E-state index in [1.165, 1.54) is 5.56 Å². The van der Waals surface area contributed by atoms with Gasteiger partial charge in [0.1, 0.15) is 5.76 Å². The van der Waals surface area contributed by atoms with Crippen LogP contribution < -0.4 is 0 Å². The number of hydrogen-bond acceptors (Lipinski definition) is 2. The predicted octanol–water partition coefficient (Wildman–Crippen LogP) is 4.27. The smallest absolute Gasteiger partial charge is 0.185 e. The van der Waals surface area contributed by atoms with E-state index in [0.29, 0.717) is 11.7 Å². The predicted molar refractivity (Wildman–Crippen MR) is 68.2 cm³/mol. The minimum absolute atomic E-state index is 0.367. The summed E-state index contributed by atoms with van der Waals surface area (Å²) < 4.78 is 5.38. The zero-order valence-electron chi connectivity index (χ0n) is 10.1. The maximum atomic E-state index is 10.5. The lowest BCUT2D eigenvalue weighted by Crippen LogP contribution is -1.90. The second-order valence-electron chi connectivity index (χ2n) is 4.25. The monoisotopic (exact) mass is 228 g/mol. The van der Waals surface area contributed by atoms with Crippen LogP contribution >= 0.6 is 0 Å². The van der Waals surface area contributed by atoms with Gasteiger partial charge in [0.15, 0.2) is 12.0 Å². The summed E-state index contributed by atoms with van der Waals surface area (Å²) in [6, 6.07) is 11.8. The van der Waals surface area contributed by atoms with Crippen LogP contribution in [0.25, 0.3) is 11.3 Å². The number of hydrogen-bond donors (Lipinski definition) is 0. The molecular formula is C15H16O2. The molecule has 0 spiro atoms. The van der Waals surface area contributed by atoms with Crippen molar-refractivity contribution in [3.63, 3.8) is 0 Å². The summed E-state index contributed by atoms with van der Waals surface area (Å²) in [5, 5.41) is 0. The Hall–Kier alpha value is -1.83. The maximum absolute atomic E-state index is 10.5. The van der Waals surface area contributed by atoms with Crippen molar-refractivity contribution < 1.29 is 9.21 Å². The Bertz CT molecular complexity index is 494.